The summed E-state index contributed by atoms with van der Waals surface area (Å²) in [7, 11) is 3.75. The molecule has 0 spiro atoms. The molecule has 0 aromatic heterocycles. The van der Waals surface area contributed by atoms with E-state index in [1.54, 1.807) is 7.11 Å². The molecule has 1 atom stereocenters. The van der Waals surface area contributed by atoms with E-state index in [1.165, 1.54) is 30.4 Å². The van der Waals surface area contributed by atoms with Crippen molar-refractivity contribution < 1.29 is 4.74 Å². The molecule has 90 valence electrons. The van der Waals surface area contributed by atoms with E-state index in [9.17, 15) is 0 Å². The molecular weight excluding hydrogens is 198 g/mol. The van der Waals surface area contributed by atoms with E-state index in [0.29, 0.717) is 6.04 Å². The first-order valence-electron chi connectivity index (χ1n) is 6.04. The number of aryl methyl sites for hydroxylation is 1. The van der Waals surface area contributed by atoms with Crippen LogP contribution in [0, 0.1) is 6.92 Å². The average Bonchev–Trinajstić information content (AvgIpc) is 2.32. The van der Waals surface area contributed by atoms with Crippen LogP contribution in [0.2, 0.25) is 0 Å². The highest BCUT2D eigenvalue weighted by atomic mass is 16.5. The maximum Gasteiger partial charge on any atom is 0.122 e. The van der Waals surface area contributed by atoms with Gasteiger partial charge in [0.15, 0.2) is 0 Å². The van der Waals surface area contributed by atoms with Crippen molar-refractivity contribution >= 4 is 0 Å². The molecule has 0 aliphatic rings. The predicted molar refractivity (Wildman–Crippen MR) is 69.1 cm³/mol. The Labute approximate surface area is 99.0 Å². The van der Waals surface area contributed by atoms with E-state index in [0.717, 1.165) is 5.75 Å². The molecule has 0 saturated heterocycles. The van der Waals surface area contributed by atoms with Gasteiger partial charge in [0, 0.05) is 6.04 Å². The third kappa shape index (κ3) is 3.24. The molecule has 0 aliphatic carbocycles. The van der Waals surface area contributed by atoms with Crippen LogP contribution in [0.4, 0.5) is 0 Å². The third-order valence-electron chi connectivity index (χ3n) is 3.03. The standard InChI is InChI=1S/C14H23NO/c1-5-6-7-13(15-3)12-9-8-11(2)14(10-12)16-4/h8-10,13,15H,5-7H2,1-4H3. The van der Waals surface area contributed by atoms with Crippen LogP contribution < -0.4 is 10.1 Å². The molecule has 1 N–H and O–H groups in total. The fourth-order valence-corrected chi connectivity index (χ4v) is 1.94. The molecule has 2 nitrogen and oxygen atoms in total. The Morgan fingerprint density at radius 3 is 2.69 bits per heavy atom. The zero-order valence-corrected chi connectivity index (χ0v) is 10.8. The summed E-state index contributed by atoms with van der Waals surface area (Å²) in [6, 6.07) is 6.90. The monoisotopic (exact) mass is 221 g/mol. The molecular formula is C14H23NO. The molecule has 1 rings (SSSR count). The quantitative estimate of drug-likeness (QED) is 0.794. The van der Waals surface area contributed by atoms with E-state index in [-0.39, 0.29) is 0 Å². The minimum atomic E-state index is 0.439. The van der Waals surface area contributed by atoms with Gasteiger partial charge in [-0.25, -0.2) is 0 Å². The van der Waals surface area contributed by atoms with Gasteiger partial charge in [-0.15, -0.1) is 0 Å². The van der Waals surface area contributed by atoms with Crippen LogP contribution in [0.5, 0.6) is 5.75 Å². The SMILES string of the molecule is CCCCC(NC)c1ccc(C)c(OC)c1. The lowest BCUT2D eigenvalue weighted by atomic mass is 10.00. The third-order valence-corrected chi connectivity index (χ3v) is 3.03. The van der Waals surface area contributed by atoms with Crippen LogP contribution in [0.3, 0.4) is 0 Å². The Morgan fingerprint density at radius 2 is 2.12 bits per heavy atom. The number of nitrogens with one attached hydrogen (secondary N) is 1. The number of hydrogen-bond acceptors (Lipinski definition) is 2. The van der Waals surface area contributed by atoms with Crippen LogP contribution >= 0.6 is 0 Å². The highest BCUT2D eigenvalue weighted by Gasteiger charge is 2.10. The fourth-order valence-electron chi connectivity index (χ4n) is 1.94. The van der Waals surface area contributed by atoms with E-state index in [1.807, 2.05) is 7.05 Å². The molecule has 0 radical (unpaired) electrons. The molecule has 0 fully saturated rings. The van der Waals surface area contributed by atoms with Gasteiger partial charge in [0.2, 0.25) is 0 Å². The Bertz CT molecular complexity index is 323. The number of rotatable bonds is 6. The Kier molecular flexibility index (Phi) is 5.33. The number of unbranched alkanes of at least 4 members (excludes halogenated alkanes) is 1. The summed E-state index contributed by atoms with van der Waals surface area (Å²) in [4.78, 5) is 0. The number of ether oxygens (including phenoxy) is 1. The summed E-state index contributed by atoms with van der Waals surface area (Å²) in [5.41, 5.74) is 2.51. The second-order valence-electron chi connectivity index (χ2n) is 4.21. The molecule has 0 bridgehead atoms. The number of benzene rings is 1. The van der Waals surface area contributed by atoms with Crippen molar-refractivity contribution in [2.24, 2.45) is 0 Å². The molecule has 2 heteroatoms. The number of methoxy groups -OCH3 is 1. The molecule has 16 heavy (non-hydrogen) atoms. The zero-order chi connectivity index (χ0) is 12.0. The lowest BCUT2D eigenvalue weighted by Crippen LogP contribution is -2.16. The fraction of sp³-hybridized carbons (Fsp3) is 0.571. The number of hydrogen-bond donors (Lipinski definition) is 1. The second-order valence-corrected chi connectivity index (χ2v) is 4.21. The van der Waals surface area contributed by atoms with Crippen molar-refractivity contribution in [2.45, 2.75) is 39.2 Å². The minimum Gasteiger partial charge on any atom is -0.496 e. The van der Waals surface area contributed by atoms with Gasteiger partial charge in [-0.05, 0) is 37.6 Å². The van der Waals surface area contributed by atoms with Gasteiger partial charge in [-0.3, -0.25) is 0 Å². The maximum absolute atomic E-state index is 5.36. The van der Waals surface area contributed by atoms with Crippen molar-refractivity contribution in [1.29, 1.82) is 0 Å². The summed E-state index contributed by atoms with van der Waals surface area (Å²) < 4.78 is 5.36. The molecule has 0 heterocycles. The van der Waals surface area contributed by atoms with Crippen LogP contribution in [0.1, 0.15) is 43.4 Å². The topological polar surface area (TPSA) is 21.3 Å². The summed E-state index contributed by atoms with van der Waals surface area (Å²) in [5, 5.41) is 3.37. The molecule has 0 amide bonds. The first-order valence-corrected chi connectivity index (χ1v) is 6.04. The second kappa shape index (κ2) is 6.54. The van der Waals surface area contributed by atoms with E-state index >= 15 is 0 Å². The summed E-state index contributed by atoms with van der Waals surface area (Å²) in [6.07, 6.45) is 3.67. The van der Waals surface area contributed by atoms with Gasteiger partial charge in [0.1, 0.15) is 5.75 Å². The molecule has 0 saturated carbocycles. The highest BCUT2D eigenvalue weighted by molar-refractivity contribution is 5.37. The largest absolute Gasteiger partial charge is 0.496 e. The van der Waals surface area contributed by atoms with Gasteiger partial charge >= 0.3 is 0 Å². The molecule has 0 aliphatic heterocycles. The molecule has 1 unspecified atom stereocenters. The lowest BCUT2D eigenvalue weighted by Gasteiger charge is -2.17. The highest BCUT2D eigenvalue weighted by Crippen LogP contribution is 2.25. The molecule has 1 aromatic carbocycles. The predicted octanol–water partition coefficient (Wildman–Crippen LogP) is 3.45. The Hall–Kier alpha value is -1.02. The maximum atomic E-state index is 5.36. The smallest absolute Gasteiger partial charge is 0.122 e. The summed E-state index contributed by atoms with van der Waals surface area (Å²) >= 11 is 0. The zero-order valence-electron chi connectivity index (χ0n) is 10.8. The minimum absolute atomic E-state index is 0.439. The van der Waals surface area contributed by atoms with Crippen molar-refractivity contribution in [2.75, 3.05) is 14.2 Å². The van der Waals surface area contributed by atoms with Gasteiger partial charge in [-0.2, -0.15) is 0 Å². The Balaban J connectivity index is 2.83. The average molecular weight is 221 g/mol. The van der Waals surface area contributed by atoms with Crippen molar-refractivity contribution in [1.82, 2.24) is 5.32 Å². The first kappa shape index (κ1) is 13.0. The normalized spacial score (nSPS) is 12.5. The van der Waals surface area contributed by atoms with E-state index < -0.39 is 0 Å². The van der Waals surface area contributed by atoms with E-state index in [2.05, 4.69) is 37.4 Å². The van der Waals surface area contributed by atoms with Crippen LogP contribution in [0.15, 0.2) is 18.2 Å². The van der Waals surface area contributed by atoms with Crippen LogP contribution in [-0.2, 0) is 0 Å². The van der Waals surface area contributed by atoms with Crippen LogP contribution in [0.25, 0.3) is 0 Å². The first-order chi connectivity index (χ1) is 7.72. The van der Waals surface area contributed by atoms with Crippen molar-refractivity contribution in [3.8, 4) is 5.75 Å². The van der Waals surface area contributed by atoms with Crippen molar-refractivity contribution in [3.05, 3.63) is 29.3 Å². The van der Waals surface area contributed by atoms with Gasteiger partial charge in [0.05, 0.1) is 7.11 Å². The van der Waals surface area contributed by atoms with Gasteiger partial charge < -0.3 is 10.1 Å². The van der Waals surface area contributed by atoms with Gasteiger partial charge in [0.25, 0.3) is 0 Å². The van der Waals surface area contributed by atoms with E-state index in [4.69, 9.17) is 4.74 Å². The lowest BCUT2D eigenvalue weighted by molar-refractivity contribution is 0.409. The summed E-state index contributed by atoms with van der Waals surface area (Å²) in [5.74, 6) is 0.981. The Morgan fingerprint density at radius 1 is 1.38 bits per heavy atom. The molecule has 1 aromatic rings. The summed E-state index contributed by atoms with van der Waals surface area (Å²) in [6.45, 7) is 4.30. The van der Waals surface area contributed by atoms with Crippen molar-refractivity contribution in [3.63, 3.8) is 0 Å². The van der Waals surface area contributed by atoms with Gasteiger partial charge in [-0.1, -0.05) is 31.9 Å². The van der Waals surface area contributed by atoms with Crippen LogP contribution in [-0.4, -0.2) is 14.2 Å².